The highest BCUT2D eigenvalue weighted by Gasteiger charge is 2.60. The lowest BCUT2D eigenvalue weighted by Crippen LogP contribution is -2.39. The van der Waals surface area contributed by atoms with Crippen LogP contribution in [-0.2, 0) is 10.3 Å². The first-order chi connectivity index (χ1) is 8.58. The minimum absolute atomic E-state index is 0.0937. The van der Waals surface area contributed by atoms with Gasteiger partial charge in [-0.1, -0.05) is 12.1 Å². The molecule has 1 fully saturated rings. The van der Waals surface area contributed by atoms with E-state index in [1.165, 1.54) is 12.1 Å². The van der Waals surface area contributed by atoms with Crippen molar-refractivity contribution in [3.8, 4) is 0 Å². The van der Waals surface area contributed by atoms with Crippen LogP contribution in [0.25, 0.3) is 0 Å². The number of fused-ring (bicyclic) bond motifs is 1. The minimum atomic E-state index is -1.45. The Morgan fingerprint density at radius 1 is 1.44 bits per heavy atom. The monoisotopic (exact) mass is 256 g/mol. The smallest absolute Gasteiger partial charge is 0.283 e. The van der Waals surface area contributed by atoms with Crippen LogP contribution in [0.4, 0.5) is 13.2 Å². The van der Waals surface area contributed by atoms with Crippen molar-refractivity contribution in [2.24, 2.45) is 16.6 Å². The van der Waals surface area contributed by atoms with Gasteiger partial charge in [0.05, 0.1) is 0 Å². The first kappa shape index (κ1) is 11.4. The summed E-state index contributed by atoms with van der Waals surface area (Å²) >= 11 is 0. The lowest BCUT2D eigenvalue weighted by Gasteiger charge is -2.31. The summed E-state index contributed by atoms with van der Waals surface area (Å²) < 4.78 is 45.7. The maximum absolute atomic E-state index is 13.8. The van der Waals surface area contributed by atoms with Gasteiger partial charge in [-0.2, -0.15) is 0 Å². The summed E-state index contributed by atoms with van der Waals surface area (Å²) in [4.78, 5) is 3.92. The van der Waals surface area contributed by atoms with Gasteiger partial charge < -0.3 is 10.5 Å². The van der Waals surface area contributed by atoms with Crippen molar-refractivity contribution >= 4 is 6.02 Å². The number of ether oxygens (including phenoxy) is 1. The third-order valence-electron chi connectivity index (χ3n) is 3.55. The number of rotatable bonds is 2. The Bertz CT molecular complexity index is 534. The molecular weight excluding hydrogens is 245 g/mol. The van der Waals surface area contributed by atoms with Gasteiger partial charge in [0, 0.05) is 11.5 Å². The van der Waals surface area contributed by atoms with Gasteiger partial charge in [-0.15, -0.1) is 0 Å². The normalized spacial score (nSPS) is 33.4. The highest BCUT2D eigenvalue weighted by molar-refractivity contribution is 5.74. The van der Waals surface area contributed by atoms with Crippen LogP contribution < -0.4 is 5.73 Å². The zero-order chi connectivity index (χ0) is 12.9. The standard InChI is InChI=1S/C12H11F3N2O/c13-5-12(6-2-1-3-8(14)10(6)15)7-4-9(7)18-11(16)17-12/h1-3,7,9H,4-5H2,(H2,16,17)/t7-,9?,12+/m0/s1. The SMILES string of the molecule is NC1=N[C@](CF)(c2cccc(F)c2F)[C@H]2CC2O1. The molecular formula is C12H11F3N2O. The number of hydrogen-bond acceptors (Lipinski definition) is 3. The average molecular weight is 256 g/mol. The summed E-state index contributed by atoms with van der Waals surface area (Å²) in [6.45, 7) is -0.932. The van der Waals surface area contributed by atoms with Gasteiger partial charge in [0.25, 0.3) is 6.02 Å². The quantitative estimate of drug-likeness (QED) is 0.878. The van der Waals surface area contributed by atoms with E-state index in [2.05, 4.69) is 4.99 Å². The molecule has 1 aromatic rings. The highest BCUT2D eigenvalue weighted by atomic mass is 19.2. The van der Waals surface area contributed by atoms with E-state index in [0.717, 1.165) is 6.07 Å². The number of amidine groups is 1. The van der Waals surface area contributed by atoms with Crippen LogP contribution in [-0.4, -0.2) is 18.8 Å². The molecule has 0 aromatic heterocycles. The molecule has 0 bridgehead atoms. The van der Waals surface area contributed by atoms with Gasteiger partial charge >= 0.3 is 0 Å². The van der Waals surface area contributed by atoms with Gasteiger partial charge in [0.15, 0.2) is 11.6 Å². The highest BCUT2D eigenvalue weighted by Crippen LogP contribution is 2.53. The van der Waals surface area contributed by atoms with Crippen molar-refractivity contribution in [3.05, 3.63) is 35.4 Å². The predicted molar refractivity (Wildman–Crippen MR) is 58.6 cm³/mol. The molecule has 1 heterocycles. The molecule has 3 rings (SSSR count). The van der Waals surface area contributed by atoms with Gasteiger partial charge in [0.2, 0.25) is 0 Å². The Kier molecular flexibility index (Phi) is 2.30. The fourth-order valence-corrected chi connectivity index (χ4v) is 2.56. The van der Waals surface area contributed by atoms with Crippen LogP contribution in [0.2, 0.25) is 0 Å². The maximum Gasteiger partial charge on any atom is 0.283 e. The molecule has 2 aliphatic rings. The molecule has 18 heavy (non-hydrogen) atoms. The Morgan fingerprint density at radius 2 is 2.22 bits per heavy atom. The van der Waals surface area contributed by atoms with E-state index in [9.17, 15) is 13.2 Å². The van der Waals surface area contributed by atoms with E-state index in [4.69, 9.17) is 10.5 Å². The zero-order valence-electron chi connectivity index (χ0n) is 9.37. The third-order valence-corrected chi connectivity index (χ3v) is 3.55. The molecule has 1 aliphatic carbocycles. The number of hydrogen-bond donors (Lipinski definition) is 1. The molecule has 0 saturated heterocycles. The topological polar surface area (TPSA) is 47.6 Å². The fourth-order valence-electron chi connectivity index (χ4n) is 2.56. The second-order valence-electron chi connectivity index (χ2n) is 4.61. The molecule has 0 amide bonds. The van der Waals surface area contributed by atoms with Crippen molar-refractivity contribution < 1.29 is 17.9 Å². The van der Waals surface area contributed by atoms with Crippen molar-refractivity contribution in [1.29, 1.82) is 0 Å². The van der Waals surface area contributed by atoms with Crippen molar-refractivity contribution in [3.63, 3.8) is 0 Å². The summed E-state index contributed by atoms with van der Waals surface area (Å²) in [7, 11) is 0. The van der Waals surface area contributed by atoms with E-state index < -0.39 is 23.8 Å². The molecule has 0 spiro atoms. The van der Waals surface area contributed by atoms with Crippen LogP contribution in [0.1, 0.15) is 12.0 Å². The summed E-state index contributed by atoms with van der Waals surface area (Å²) in [6.07, 6.45) is 0.297. The number of alkyl halides is 1. The minimum Gasteiger partial charge on any atom is -0.462 e. The molecule has 0 radical (unpaired) electrons. The molecule has 1 saturated carbocycles. The Hall–Kier alpha value is -1.72. The van der Waals surface area contributed by atoms with Gasteiger partial charge in [-0.25, -0.2) is 18.2 Å². The Morgan fingerprint density at radius 3 is 2.94 bits per heavy atom. The molecule has 2 N–H and O–H groups in total. The van der Waals surface area contributed by atoms with Gasteiger partial charge in [-0.05, 0) is 12.5 Å². The number of benzene rings is 1. The first-order valence-electron chi connectivity index (χ1n) is 5.61. The Labute approximate surface area is 101 Å². The lowest BCUT2D eigenvalue weighted by atomic mass is 9.85. The number of nitrogens with two attached hydrogens (primary N) is 1. The molecule has 96 valence electrons. The van der Waals surface area contributed by atoms with Gasteiger partial charge in [0.1, 0.15) is 18.3 Å². The average Bonchev–Trinajstić information content (AvgIpc) is 3.11. The summed E-state index contributed by atoms with van der Waals surface area (Å²) in [5, 5.41) is 0. The molecule has 1 aromatic carbocycles. The molecule has 1 aliphatic heterocycles. The number of aliphatic imine (C=N–C) groups is 1. The first-order valence-corrected chi connectivity index (χ1v) is 5.61. The zero-order valence-corrected chi connectivity index (χ0v) is 9.37. The van der Waals surface area contributed by atoms with Crippen molar-refractivity contribution in [2.75, 3.05) is 6.67 Å². The van der Waals surface area contributed by atoms with Crippen molar-refractivity contribution in [2.45, 2.75) is 18.1 Å². The molecule has 1 unspecified atom stereocenters. The molecule has 3 nitrogen and oxygen atoms in total. The summed E-state index contributed by atoms with van der Waals surface area (Å²) in [5.41, 5.74) is 3.93. The van der Waals surface area contributed by atoms with Crippen LogP contribution in [0.5, 0.6) is 0 Å². The maximum atomic E-state index is 13.8. The van der Waals surface area contributed by atoms with Crippen LogP contribution in [0.15, 0.2) is 23.2 Å². The second-order valence-corrected chi connectivity index (χ2v) is 4.61. The lowest BCUT2D eigenvalue weighted by molar-refractivity contribution is 0.167. The van der Waals surface area contributed by atoms with E-state index in [0.29, 0.717) is 6.42 Å². The van der Waals surface area contributed by atoms with Gasteiger partial charge in [-0.3, -0.25) is 0 Å². The van der Waals surface area contributed by atoms with E-state index in [1.54, 1.807) is 0 Å². The van der Waals surface area contributed by atoms with E-state index in [1.807, 2.05) is 0 Å². The second kappa shape index (κ2) is 3.63. The van der Waals surface area contributed by atoms with Crippen LogP contribution in [0.3, 0.4) is 0 Å². The third kappa shape index (κ3) is 1.41. The fraction of sp³-hybridized carbons (Fsp3) is 0.417. The largest absolute Gasteiger partial charge is 0.462 e. The molecule has 6 heteroatoms. The Balaban J connectivity index is 2.17. The number of halogens is 3. The summed E-state index contributed by atoms with van der Waals surface area (Å²) in [5.74, 6) is -2.37. The van der Waals surface area contributed by atoms with E-state index in [-0.39, 0.29) is 23.6 Å². The predicted octanol–water partition coefficient (Wildman–Crippen LogP) is 1.86. The summed E-state index contributed by atoms with van der Waals surface area (Å²) in [6, 6.07) is 3.50. The van der Waals surface area contributed by atoms with Crippen LogP contribution in [0, 0.1) is 17.6 Å². The number of nitrogens with zero attached hydrogens (tertiary/aromatic N) is 1. The van der Waals surface area contributed by atoms with E-state index >= 15 is 0 Å². The molecule has 3 atom stereocenters. The van der Waals surface area contributed by atoms with Crippen molar-refractivity contribution in [1.82, 2.24) is 0 Å². The van der Waals surface area contributed by atoms with Crippen LogP contribution >= 0.6 is 0 Å².